The van der Waals surface area contributed by atoms with Crippen LogP contribution in [0.25, 0.3) is 0 Å². The first kappa shape index (κ1) is 13.2. The Morgan fingerprint density at radius 1 is 1.50 bits per heavy atom. The van der Waals surface area contributed by atoms with E-state index in [1.807, 2.05) is 26.4 Å². The molecule has 1 unspecified atom stereocenters. The number of hydrogen-bond acceptors (Lipinski definition) is 3. The van der Waals surface area contributed by atoms with Crippen molar-refractivity contribution in [3.05, 3.63) is 23.9 Å². The topological polar surface area (TPSA) is 33.3 Å². The monoisotopic (exact) mass is 198 g/mol. The Bertz CT molecular complexity index is 188. The van der Waals surface area contributed by atoms with E-state index in [4.69, 9.17) is 4.74 Å². The SMILES string of the molecule is CCCOC1C=CC(C)=CN1.CNC. The fraction of sp³-hybridized carbons (Fsp3) is 0.636. The van der Waals surface area contributed by atoms with Crippen molar-refractivity contribution in [2.24, 2.45) is 0 Å². The van der Waals surface area contributed by atoms with Crippen LogP contribution >= 0.6 is 0 Å². The molecule has 0 fully saturated rings. The lowest BCUT2D eigenvalue weighted by Crippen LogP contribution is -2.27. The van der Waals surface area contributed by atoms with Crippen molar-refractivity contribution >= 4 is 0 Å². The molecule has 0 spiro atoms. The Morgan fingerprint density at radius 3 is 2.57 bits per heavy atom. The van der Waals surface area contributed by atoms with Crippen LogP contribution in [0.3, 0.4) is 0 Å². The highest BCUT2D eigenvalue weighted by molar-refractivity contribution is 5.20. The highest BCUT2D eigenvalue weighted by atomic mass is 16.5. The fourth-order valence-electron chi connectivity index (χ4n) is 0.905. The van der Waals surface area contributed by atoms with E-state index in [1.54, 1.807) is 0 Å². The van der Waals surface area contributed by atoms with Crippen molar-refractivity contribution in [2.45, 2.75) is 26.5 Å². The zero-order valence-corrected chi connectivity index (χ0v) is 9.63. The van der Waals surface area contributed by atoms with Crippen LogP contribution in [0.5, 0.6) is 0 Å². The molecule has 0 aromatic rings. The Morgan fingerprint density at radius 2 is 2.14 bits per heavy atom. The summed E-state index contributed by atoms with van der Waals surface area (Å²) in [7, 11) is 3.75. The standard InChI is InChI=1S/C9H15NO.C2H7N/c1-3-6-11-9-5-4-8(2)7-10-9;1-3-2/h4-5,7,9-10H,3,6H2,1-2H3;3H,1-2H3. The second-order valence-corrected chi connectivity index (χ2v) is 3.21. The summed E-state index contributed by atoms with van der Waals surface area (Å²) in [5.74, 6) is 0. The van der Waals surface area contributed by atoms with E-state index in [0.29, 0.717) is 0 Å². The van der Waals surface area contributed by atoms with Gasteiger partial charge in [0.1, 0.15) is 6.23 Å². The maximum atomic E-state index is 5.44. The molecule has 0 bridgehead atoms. The molecule has 1 aliphatic heterocycles. The molecule has 3 heteroatoms. The van der Waals surface area contributed by atoms with E-state index >= 15 is 0 Å². The van der Waals surface area contributed by atoms with E-state index in [0.717, 1.165) is 13.0 Å². The van der Waals surface area contributed by atoms with Crippen LogP contribution in [0, 0.1) is 0 Å². The number of ether oxygens (including phenoxy) is 1. The van der Waals surface area contributed by atoms with Crippen LogP contribution in [0.2, 0.25) is 0 Å². The van der Waals surface area contributed by atoms with Crippen molar-refractivity contribution in [1.29, 1.82) is 0 Å². The Kier molecular flexibility index (Phi) is 8.28. The zero-order chi connectivity index (χ0) is 10.8. The molecule has 1 heterocycles. The number of allylic oxidation sites excluding steroid dienone is 2. The smallest absolute Gasteiger partial charge is 0.146 e. The van der Waals surface area contributed by atoms with Gasteiger partial charge in [-0.25, -0.2) is 0 Å². The minimum Gasteiger partial charge on any atom is -0.363 e. The molecule has 0 radical (unpaired) electrons. The van der Waals surface area contributed by atoms with Gasteiger partial charge in [-0.3, -0.25) is 0 Å². The molecular weight excluding hydrogens is 176 g/mol. The van der Waals surface area contributed by atoms with Crippen LogP contribution < -0.4 is 10.6 Å². The van der Waals surface area contributed by atoms with Crippen molar-refractivity contribution in [3.8, 4) is 0 Å². The van der Waals surface area contributed by atoms with Crippen molar-refractivity contribution in [3.63, 3.8) is 0 Å². The molecule has 14 heavy (non-hydrogen) atoms. The number of dihydropyridines is 1. The second kappa shape index (κ2) is 8.78. The van der Waals surface area contributed by atoms with Gasteiger partial charge in [0.2, 0.25) is 0 Å². The predicted octanol–water partition coefficient (Wildman–Crippen LogP) is 1.64. The van der Waals surface area contributed by atoms with Gasteiger partial charge in [0.25, 0.3) is 0 Å². The lowest BCUT2D eigenvalue weighted by molar-refractivity contribution is 0.0712. The summed E-state index contributed by atoms with van der Waals surface area (Å²) in [6.07, 6.45) is 7.22. The zero-order valence-electron chi connectivity index (χ0n) is 9.63. The summed E-state index contributed by atoms with van der Waals surface area (Å²) >= 11 is 0. The van der Waals surface area contributed by atoms with Gasteiger partial charge in [0.05, 0.1) is 0 Å². The summed E-state index contributed by atoms with van der Waals surface area (Å²) in [6.45, 7) is 4.97. The average Bonchev–Trinajstić information content (AvgIpc) is 2.18. The Balaban J connectivity index is 0.000000500. The van der Waals surface area contributed by atoms with Crippen LogP contribution in [0.1, 0.15) is 20.3 Å². The first-order valence-corrected chi connectivity index (χ1v) is 5.05. The summed E-state index contributed by atoms with van der Waals surface area (Å²) < 4.78 is 5.44. The summed E-state index contributed by atoms with van der Waals surface area (Å²) in [5.41, 5.74) is 1.24. The Hall–Kier alpha value is -0.800. The maximum Gasteiger partial charge on any atom is 0.146 e. The Labute approximate surface area is 87.2 Å². The molecule has 0 aliphatic carbocycles. The van der Waals surface area contributed by atoms with Crippen molar-refractivity contribution in [1.82, 2.24) is 10.6 Å². The molecular formula is C11H22N2O. The lowest BCUT2D eigenvalue weighted by Gasteiger charge is -2.17. The van der Waals surface area contributed by atoms with Gasteiger partial charge in [-0.2, -0.15) is 0 Å². The number of rotatable bonds is 3. The molecule has 0 saturated carbocycles. The van der Waals surface area contributed by atoms with E-state index < -0.39 is 0 Å². The largest absolute Gasteiger partial charge is 0.363 e. The van der Waals surface area contributed by atoms with E-state index in [-0.39, 0.29) is 6.23 Å². The van der Waals surface area contributed by atoms with Gasteiger partial charge < -0.3 is 15.4 Å². The first-order chi connectivity index (χ1) is 6.74. The lowest BCUT2D eigenvalue weighted by atomic mass is 10.2. The summed E-state index contributed by atoms with van der Waals surface area (Å²) in [6, 6.07) is 0. The molecule has 1 atom stereocenters. The van der Waals surface area contributed by atoms with Gasteiger partial charge in [-0.1, -0.05) is 13.0 Å². The third kappa shape index (κ3) is 6.69. The molecule has 82 valence electrons. The van der Waals surface area contributed by atoms with Gasteiger partial charge in [-0.15, -0.1) is 0 Å². The van der Waals surface area contributed by atoms with Gasteiger partial charge in [0, 0.05) is 12.8 Å². The van der Waals surface area contributed by atoms with E-state index in [2.05, 4.69) is 30.6 Å². The first-order valence-electron chi connectivity index (χ1n) is 5.05. The number of nitrogens with one attached hydrogen (secondary N) is 2. The highest BCUT2D eigenvalue weighted by Crippen LogP contribution is 2.03. The molecule has 1 aliphatic rings. The minimum absolute atomic E-state index is 0.0821. The average molecular weight is 198 g/mol. The molecule has 0 amide bonds. The highest BCUT2D eigenvalue weighted by Gasteiger charge is 2.03. The normalized spacial score (nSPS) is 19.1. The molecule has 1 rings (SSSR count). The van der Waals surface area contributed by atoms with Crippen molar-refractivity contribution in [2.75, 3.05) is 20.7 Å². The van der Waals surface area contributed by atoms with Gasteiger partial charge in [-0.05, 0) is 39.1 Å². The third-order valence-corrected chi connectivity index (χ3v) is 1.51. The maximum absolute atomic E-state index is 5.44. The third-order valence-electron chi connectivity index (χ3n) is 1.51. The van der Waals surface area contributed by atoms with Crippen molar-refractivity contribution < 1.29 is 4.74 Å². The van der Waals surface area contributed by atoms with Crippen LogP contribution in [-0.2, 0) is 4.74 Å². The van der Waals surface area contributed by atoms with E-state index in [9.17, 15) is 0 Å². The molecule has 0 saturated heterocycles. The molecule has 0 aromatic heterocycles. The van der Waals surface area contributed by atoms with Gasteiger partial charge in [0.15, 0.2) is 0 Å². The van der Waals surface area contributed by atoms with Crippen LogP contribution in [-0.4, -0.2) is 26.9 Å². The van der Waals surface area contributed by atoms with Gasteiger partial charge >= 0.3 is 0 Å². The molecule has 2 N–H and O–H groups in total. The second-order valence-electron chi connectivity index (χ2n) is 3.21. The molecule has 3 nitrogen and oxygen atoms in total. The minimum atomic E-state index is 0.0821. The van der Waals surface area contributed by atoms with Crippen LogP contribution in [0.15, 0.2) is 23.9 Å². The predicted molar refractivity (Wildman–Crippen MR) is 61.0 cm³/mol. The fourth-order valence-corrected chi connectivity index (χ4v) is 0.905. The van der Waals surface area contributed by atoms with E-state index in [1.165, 1.54) is 5.57 Å². The summed E-state index contributed by atoms with van der Waals surface area (Å²) in [4.78, 5) is 0. The quantitative estimate of drug-likeness (QED) is 0.723. The van der Waals surface area contributed by atoms with Crippen LogP contribution in [0.4, 0.5) is 0 Å². The number of hydrogen-bond donors (Lipinski definition) is 2. The molecule has 0 aromatic carbocycles. The summed E-state index contributed by atoms with van der Waals surface area (Å²) in [5, 5.41) is 5.88.